The van der Waals surface area contributed by atoms with Gasteiger partial charge in [-0.15, -0.1) is 11.8 Å². The van der Waals surface area contributed by atoms with Gasteiger partial charge in [-0.1, -0.05) is 18.2 Å². The van der Waals surface area contributed by atoms with Crippen LogP contribution in [0.25, 0.3) is 0 Å². The fourth-order valence-electron chi connectivity index (χ4n) is 1.82. The maximum Gasteiger partial charge on any atom is 0.269 e. The number of anilines is 2. The summed E-state index contributed by atoms with van der Waals surface area (Å²) >= 11 is 1.18. The number of hydrogen-bond donors (Lipinski definition) is 2. The van der Waals surface area contributed by atoms with Crippen LogP contribution in [0.5, 0.6) is 0 Å². The summed E-state index contributed by atoms with van der Waals surface area (Å²) in [7, 11) is 0. The highest BCUT2D eigenvalue weighted by atomic mass is 32.2. The van der Waals surface area contributed by atoms with Crippen molar-refractivity contribution in [2.24, 2.45) is 0 Å². The number of amides is 2. The molecule has 2 amide bonds. The maximum atomic E-state index is 11.8. The SMILES string of the molecule is O=C(CSCC(=O)Nc1ccc([N+](=O)[O-])cc1)Nc1ccccc1. The van der Waals surface area contributed by atoms with Crippen molar-refractivity contribution in [2.45, 2.75) is 0 Å². The molecule has 124 valence electrons. The van der Waals surface area contributed by atoms with E-state index in [-0.39, 0.29) is 29.0 Å². The first kappa shape index (κ1) is 17.5. The molecule has 8 heteroatoms. The van der Waals surface area contributed by atoms with Crippen molar-refractivity contribution >= 4 is 40.6 Å². The fourth-order valence-corrected chi connectivity index (χ4v) is 2.44. The van der Waals surface area contributed by atoms with Gasteiger partial charge in [-0.05, 0) is 24.3 Å². The van der Waals surface area contributed by atoms with Gasteiger partial charge in [-0.3, -0.25) is 19.7 Å². The summed E-state index contributed by atoms with van der Waals surface area (Å²) in [6, 6.07) is 14.6. The van der Waals surface area contributed by atoms with Crippen molar-refractivity contribution in [1.29, 1.82) is 0 Å². The Morgan fingerprint density at radius 1 is 0.875 bits per heavy atom. The molecule has 0 aliphatic carbocycles. The normalized spacial score (nSPS) is 10.0. The number of para-hydroxylation sites is 1. The van der Waals surface area contributed by atoms with Gasteiger partial charge in [0.15, 0.2) is 0 Å². The lowest BCUT2D eigenvalue weighted by molar-refractivity contribution is -0.384. The summed E-state index contributed by atoms with van der Waals surface area (Å²) in [4.78, 5) is 33.5. The number of benzene rings is 2. The molecule has 0 unspecified atom stereocenters. The number of nitrogens with zero attached hydrogens (tertiary/aromatic N) is 1. The highest BCUT2D eigenvalue weighted by Crippen LogP contribution is 2.15. The van der Waals surface area contributed by atoms with Crippen molar-refractivity contribution in [3.8, 4) is 0 Å². The van der Waals surface area contributed by atoms with Crippen LogP contribution in [0.3, 0.4) is 0 Å². The van der Waals surface area contributed by atoms with Gasteiger partial charge in [-0.25, -0.2) is 0 Å². The minimum atomic E-state index is -0.507. The quantitative estimate of drug-likeness (QED) is 0.593. The Balaban J connectivity index is 1.71. The molecular weight excluding hydrogens is 330 g/mol. The van der Waals surface area contributed by atoms with Gasteiger partial charge in [0.25, 0.3) is 5.69 Å². The number of rotatable bonds is 7. The molecule has 0 aliphatic rings. The standard InChI is InChI=1S/C16H15N3O4S/c20-15(17-12-4-2-1-3-5-12)10-24-11-16(21)18-13-6-8-14(9-7-13)19(22)23/h1-9H,10-11H2,(H,17,20)(H,18,21). The Morgan fingerprint density at radius 3 is 1.88 bits per heavy atom. The minimum Gasteiger partial charge on any atom is -0.325 e. The molecule has 7 nitrogen and oxygen atoms in total. The van der Waals surface area contributed by atoms with Gasteiger partial charge < -0.3 is 10.6 Å². The summed E-state index contributed by atoms with van der Waals surface area (Å²) < 4.78 is 0. The first-order chi connectivity index (χ1) is 11.5. The van der Waals surface area contributed by atoms with Crippen molar-refractivity contribution in [3.05, 3.63) is 64.7 Å². The third kappa shape index (κ3) is 5.73. The van der Waals surface area contributed by atoms with Crippen molar-refractivity contribution in [3.63, 3.8) is 0 Å². The molecule has 0 saturated heterocycles. The minimum absolute atomic E-state index is 0.0417. The summed E-state index contributed by atoms with van der Waals surface area (Å²) in [5.74, 6) is -0.197. The van der Waals surface area contributed by atoms with Crippen LogP contribution < -0.4 is 10.6 Å². The first-order valence-corrected chi connectivity index (χ1v) is 8.17. The number of carbonyl (C=O) groups excluding carboxylic acids is 2. The number of hydrogen-bond acceptors (Lipinski definition) is 5. The Morgan fingerprint density at radius 2 is 1.38 bits per heavy atom. The van der Waals surface area contributed by atoms with Gasteiger partial charge in [0, 0.05) is 23.5 Å². The van der Waals surface area contributed by atoms with Gasteiger partial charge in [0.1, 0.15) is 0 Å². The van der Waals surface area contributed by atoms with Crippen molar-refractivity contribution in [1.82, 2.24) is 0 Å². The van der Waals surface area contributed by atoms with Crippen LogP contribution in [0.4, 0.5) is 17.1 Å². The fraction of sp³-hybridized carbons (Fsp3) is 0.125. The molecule has 2 aromatic rings. The van der Waals surface area contributed by atoms with E-state index in [1.165, 1.54) is 36.0 Å². The molecule has 0 saturated carbocycles. The second kappa shape index (κ2) is 8.68. The second-order valence-corrected chi connectivity index (χ2v) is 5.74. The molecule has 0 heterocycles. The van der Waals surface area contributed by atoms with E-state index in [9.17, 15) is 19.7 Å². The molecule has 0 aromatic heterocycles. The molecule has 0 bridgehead atoms. The molecule has 2 aromatic carbocycles. The second-order valence-electron chi connectivity index (χ2n) is 4.76. The van der Waals surface area contributed by atoms with Crippen molar-refractivity contribution < 1.29 is 14.5 Å². The predicted octanol–water partition coefficient (Wildman–Crippen LogP) is 2.91. The lowest BCUT2D eigenvalue weighted by atomic mass is 10.3. The Bertz CT molecular complexity index is 720. The van der Waals surface area contributed by atoms with Crippen LogP contribution >= 0.6 is 11.8 Å². The lowest BCUT2D eigenvalue weighted by Gasteiger charge is -2.06. The molecule has 0 radical (unpaired) electrons. The summed E-state index contributed by atoms with van der Waals surface area (Å²) in [5.41, 5.74) is 1.14. The molecule has 24 heavy (non-hydrogen) atoms. The molecule has 0 aliphatic heterocycles. The highest BCUT2D eigenvalue weighted by Gasteiger charge is 2.08. The average Bonchev–Trinajstić information content (AvgIpc) is 2.56. The number of nitro benzene ring substituents is 1. The number of carbonyl (C=O) groups is 2. The monoisotopic (exact) mass is 345 g/mol. The summed E-state index contributed by atoms with van der Waals surface area (Å²) in [5, 5.41) is 15.9. The van der Waals surface area contributed by atoms with Crippen molar-refractivity contribution in [2.75, 3.05) is 22.1 Å². The van der Waals surface area contributed by atoms with Gasteiger partial charge >= 0.3 is 0 Å². The van der Waals surface area contributed by atoms with E-state index >= 15 is 0 Å². The van der Waals surface area contributed by atoms with Crippen LogP contribution in [-0.4, -0.2) is 28.2 Å². The molecule has 0 spiro atoms. The lowest BCUT2D eigenvalue weighted by Crippen LogP contribution is -2.18. The summed E-state index contributed by atoms with van der Waals surface area (Å²) in [6.07, 6.45) is 0. The highest BCUT2D eigenvalue weighted by molar-refractivity contribution is 8.00. The Kier molecular flexibility index (Phi) is 6.32. The van der Waals surface area contributed by atoms with Crippen LogP contribution in [0.2, 0.25) is 0 Å². The van der Waals surface area contributed by atoms with Gasteiger partial charge in [-0.2, -0.15) is 0 Å². The van der Waals surface area contributed by atoms with Gasteiger partial charge in [0.2, 0.25) is 11.8 Å². The number of nitrogens with one attached hydrogen (secondary N) is 2. The zero-order valence-electron chi connectivity index (χ0n) is 12.6. The van der Waals surface area contributed by atoms with E-state index in [2.05, 4.69) is 10.6 Å². The Hall–Kier alpha value is -2.87. The molecule has 0 atom stereocenters. The molecule has 2 rings (SSSR count). The Labute approximate surface area is 142 Å². The van der Waals surface area contributed by atoms with E-state index in [0.717, 1.165) is 0 Å². The van der Waals surface area contributed by atoms with E-state index in [1.807, 2.05) is 18.2 Å². The predicted molar refractivity (Wildman–Crippen MR) is 94.1 cm³/mol. The number of nitro groups is 1. The topological polar surface area (TPSA) is 101 Å². The zero-order valence-corrected chi connectivity index (χ0v) is 13.4. The van der Waals surface area contributed by atoms with E-state index in [4.69, 9.17) is 0 Å². The van der Waals surface area contributed by atoms with E-state index < -0.39 is 4.92 Å². The third-order valence-corrected chi connectivity index (χ3v) is 3.82. The van der Waals surface area contributed by atoms with E-state index in [1.54, 1.807) is 12.1 Å². The third-order valence-electron chi connectivity index (χ3n) is 2.89. The zero-order chi connectivity index (χ0) is 17.4. The average molecular weight is 345 g/mol. The number of non-ortho nitro benzene ring substituents is 1. The largest absolute Gasteiger partial charge is 0.325 e. The van der Waals surface area contributed by atoms with Crippen LogP contribution in [0.1, 0.15) is 0 Å². The maximum absolute atomic E-state index is 11.8. The van der Waals surface area contributed by atoms with Crippen LogP contribution in [-0.2, 0) is 9.59 Å². The molecule has 2 N–H and O–H groups in total. The summed E-state index contributed by atoms with van der Waals surface area (Å²) in [6.45, 7) is 0. The first-order valence-electron chi connectivity index (χ1n) is 7.01. The molecular formula is C16H15N3O4S. The smallest absolute Gasteiger partial charge is 0.269 e. The molecule has 0 fully saturated rings. The van der Waals surface area contributed by atoms with Crippen LogP contribution in [0.15, 0.2) is 54.6 Å². The van der Waals surface area contributed by atoms with Crippen LogP contribution in [0, 0.1) is 10.1 Å². The van der Waals surface area contributed by atoms with E-state index in [0.29, 0.717) is 11.4 Å². The number of thioether (sulfide) groups is 1. The van der Waals surface area contributed by atoms with Gasteiger partial charge in [0.05, 0.1) is 16.4 Å².